The fraction of sp³-hybridized carbons (Fsp3) is 0.423. The summed E-state index contributed by atoms with van der Waals surface area (Å²) in [5, 5.41) is 11.8. The van der Waals surface area contributed by atoms with E-state index in [2.05, 4.69) is 37.8 Å². The molecule has 176 valence electrons. The third-order valence-electron chi connectivity index (χ3n) is 5.83. The number of nitrogens with zero attached hydrogens (tertiary/aromatic N) is 3. The van der Waals surface area contributed by atoms with Crippen LogP contribution < -0.4 is 4.48 Å². The van der Waals surface area contributed by atoms with Crippen LogP contribution in [0.15, 0.2) is 54.7 Å². The van der Waals surface area contributed by atoms with Crippen molar-refractivity contribution in [3.8, 4) is 0 Å². The Bertz CT molecular complexity index is 1080. The van der Waals surface area contributed by atoms with Crippen LogP contribution in [-0.4, -0.2) is 43.2 Å². The maximum Gasteiger partial charge on any atom is 0.310 e. The molecule has 0 amide bonds. The quantitative estimate of drug-likeness (QED) is 0.120. The van der Waals surface area contributed by atoms with Crippen LogP contribution in [0.25, 0.3) is 10.9 Å². The number of rotatable bonds is 12. The van der Waals surface area contributed by atoms with Crippen molar-refractivity contribution in [3.05, 3.63) is 70.4 Å². The summed E-state index contributed by atoms with van der Waals surface area (Å²) in [6, 6.07) is 15.0. The maximum absolute atomic E-state index is 12.1. The van der Waals surface area contributed by atoms with E-state index in [0.29, 0.717) is 13.0 Å². The maximum atomic E-state index is 12.1. The first-order chi connectivity index (χ1) is 15.7. The highest BCUT2D eigenvalue weighted by Crippen LogP contribution is 2.22. The lowest BCUT2D eigenvalue weighted by molar-refractivity contribution is -0.384. The highest BCUT2D eigenvalue weighted by atomic mass is 16.6. The van der Waals surface area contributed by atoms with Crippen molar-refractivity contribution in [2.24, 2.45) is 0 Å². The number of aromatic nitrogens is 1. The number of carbonyl (C=O) groups excluding carboxylic acids is 1. The number of nitro groups is 1. The molecule has 0 unspecified atom stereocenters. The van der Waals surface area contributed by atoms with Crippen molar-refractivity contribution in [1.29, 1.82) is 0 Å². The second kappa shape index (κ2) is 11.1. The number of unbranched alkanes of at least 4 members (excludes halogenated alkanes) is 4. The molecule has 0 saturated carbocycles. The molecule has 0 aliphatic heterocycles. The number of fused-ring (bicyclic) bond motifs is 1. The van der Waals surface area contributed by atoms with E-state index in [1.165, 1.54) is 5.69 Å². The van der Waals surface area contributed by atoms with E-state index < -0.39 is 0 Å². The summed E-state index contributed by atoms with van der Waals surface area (Å²) in [6.07, 6.45) is 7.44. The Morgan fingerprint density at radius 2 is 1.67 bits per heavy atom. The highest BCUT2D eigenvalue weighted by Gasteiger charge is 2.12. The molecule has 1 aromatic heterocycles. The Kier molecular flexibility index (Phi) is 8.22. The molecule has 3 aromatic rings. The van der Waals surface area contributed by atoms with Gasteiger partial charge in [-0.2, -0.15) is 0 Å². The van der Waals surface area contributed by atoms with Crippen molar-refractivity contribution in [1.82, 2.24) is 9.05 Å². The number of ether oxygens (including phenoxy) is 1. The number of hydrogen-bond acceptors (Lipinski definition) is 4. The van der Waals surface area contributed by atoms with Crippen LogP contribution in [0.5, 0.6) is 0 Å². The molecule has 7 nitrogen and oxygen atoms in total. The number of hydrogen-bond donors (Lipinski definition) is 0. The van der Waals surface area contributed by atoms with E-state index in [4.69, 9.17) is 4.74 Å². The average Bonchev–Trinajstić information content (AvgIpc) is 3.17. The van der Waals surface area contributed by atoms with Gasteiger partial charge in [0.05, 0.1) is 39.1 Å². The molecule has 0 aliphatic carbocycles. The average molecular weight is 453 g/mol. The molecule has 2 aromatic carbocycles. The van der Waals surface area contributed by atoms with Crippen LogP contribution in [0.2, 0.25) is 0 Å². The number of esters is 1. The molecule has 0 spiro atoms. The van der Waals surface area contributed by atoms with Gasteiger partial charge in [-0.15, -0.1) is 0 Å². The molecule has 3 rings (SSSR count). The van der Waals surface area contributed by atoms with Crippen LogP contribution in [-0.2, 0) is 22.5 Å². The number of quaternary nitrogens is 1. The van der Waals surface area contributed by atoms with Gasteiger partial charge in [0, 0.05) is 35.8 Å². The topological polar surface area (TPSA) is 74.4 Å². The third kappa shape index (κ3) is 7.15. The van der Waals surface area contributed by atoms with Crippen LogP contribution in [0, 0.1) is 10.1 Å². The Hall–Kier alpha value is -3.19. The number of non-ortho nitro benzene ring substituents is 1. The normalized spacial score (nSPS) is 11.6. The summed E-state index contributed by atoms with van der Waals surface area (Å²) in [4.78, 5) is 22.6. The number of aryl methyl sites for hydroxylation is 1. The Morgan fingerprint density at radius 1 is 0.970 bits per heavy atom. The lowest BCUT2D eigenvalue weighted by Gasteiger charge is -2.23. The smallest absolute Gasteiger partial charge is 0.310 e. The second-order valence-corrected chi connectivity index (χ2v) is 9.35. The zero-order chi connectivity index (χ0) is 23.8. The summed E-state index contributed by atoms with van der Waals surface area (Å²) in [5.41, 5.74) is 3.32. The van der Waals surface area contributed by atoms with E-state index in [9.17, 15) is 14.9 Å². The van der Waals surface area contributed by atoms with Gasteiger partial charge in [-0.25, -0.2) is 0 Å². The predicted octanol–water partition coefficient (Wildman–Crippen LogP) is 5.48. The van der Waals surface area contributed by atoms with Gasteiger partial charge < -0.3 is 9.30 Å². The lowest BCUT2D eigenvalue weighted by atomic mass is 10.1. The predicted molar refractivity (Wildman–Crippen MR) is 132 cm³/mol. The van der Waals surface area contributed by atoms with Gasteiger partial charge in [0.25, 0.3) is 5.69 Å². The minimum Gasteiger partial charge on any atom is -0.465 e. The minimum absolute atomic E-state index is 0.124. The van der Waals surface area contributed by atoms with Crippen LogP contribution in [0.3, 0.4) is 0 Å². The zero-order valence-electron chi connectivity index (χ0n) is 19.8. The van der Waals surface area contributed by atoms with Gasteiger partial charge in [0.15, 0.2) is 0 Å². The van der Waals surface area contributed by atoms with Gasteiger partial charge >= 0.3 is 5.97 Å². The summed E-state index contributed by atoms with van der Waals surface area (Å²) in [6.45, 7) is 1.36. The van der Waals surface area contributed by atoms with E-state index in [1.54, 1.807) is 12.1 Å². The molecule has 33 heavy (non-hydrogen) atoms. The van der Waals surface area contributed by atoms with Crippen molar-refractivity contribution >= 4 is 28.2 Å². The van der Waals surface area contributed by atoms with Crippen LogP contribution >= 0.6 is 0 Å². The summed E-state index contributed by atoms with van der Waals surface area (Å²) < 4.78 is 8.28. The first-order valence-electron chi connectivity index (χ1n) is 11.5. The van der Waals surface area contributed by atoms with E-state index in [1.807, 2.05) is 30.5 Å². The van der Waals surface area contributed by atoms with Gasteiger partial charge in [0.2, 0.25) is 0 Å². The fourth-order valence-electron chi connectivity index (χ4n) is 3.88. The van der Waals surface area contributed by atoms with Crippen LogP contribution in [0.1, 0.15) is 37.7 Å². The largest absolute Gasteiger partial charge is 0.465 e. The second-order valence-electron chi connectivity index (χ2n) is 9.35. The third-order valence-corrected chi connectivity index (χ3v) is 5.83. The molecular weight excluding hydrogens is 418 g/mol. The van der Waals surface area contributed by atoms with Gasteiger partial charge in [-0.1, -0.05) is 31.4 Å². The monoisotopic (exact) mass is 452 g/mol. The first kappa shape index (κ1) is 24.5. The molecular formula is C26H34N3O4+. The lowest BCUT2D eigenvalue weighted by Crippen LogP contribution is -2.34. The molecule has 0 saturated heterocycles. The van der Waals surface area contributed by atoms with Gasteiger partial charge in [0.1, 0.15) is 5.69 Å². The molecule has 7 heteroatoms. The standard InChI is InChI=1S/C26H34N3O4/c1-29(2,3)24-12-9-21(10-13-24)19-26(30)33-18-8-6-4-5-7-16-27-17-15-22-20-23(28(31)32)11-14-25(22)27/h9-15,17,20H,4-8,16,18-19H2,1-3H3/q+1. The summed E-state index contributed by atoms with van der Waals surface area (Å²) >= 11 is 0. The summed E-state index contributed by atoms with van der Waals surface area (Å²) in [5.74, 6) is -0.173. The van der Waals surface area contributed by atoms with Gasteiger partial charge in [-0.05, 0) is 42.7 Å². The summed E-state index contributed by atoms with van der Waals surface area (Å²) in [7, 11) is 6.34. The van der Waals surface area contributed by atoms with Gasteiger partial charge in [-0.3, -0.25) is 19.4 Å². The van der Waals surface area contributed by atoms with Crippen molar-refractivity contribution in [2.75, 3.05) is 27.7 Å². The van der Waals surface area contributed by atoms with Crippen molar-refractivity contribution in [2.45, 2.75) is 45.1 Å². The number of nitro benzene ring substituents is 1. The first-order valence-corrected chi connectivity index (χ1v) is 11.5. The van der Waals surface area contributed by atoms with E-state index >= 15 is 0 Å². The Morgan fingerprint density at radius 3 is 2.36 bits per heavy atom. The molecule has 0 bridgehead atoms. The number of benzene rings is 2. The molecule has 0 radical (unpaired) electrons. The molecule has 0 aliphatic rings. The van der Waals surface area contributed by atoms with E-state index in [-0.39, 0.29) is 16.6 Å². The molecule has 0 fully saturated rings. The molecule has 0 atom stereocenters. The fourth-order valence-corrected chi connectivity index (χ4v) is 3.88. The van der Waals surface area contributed by atoms with Crippen LogP contribution in [0.4, 0.5) is 11.4 Å². The molecule has 0 N–H and O–H groups in total. The Balaban J connectivity index is 1.28. The highest BCUT2D eigenvalue weighted by molar-refractivity contribution is 5.82. The SMILES string of the molecule is C[N+](C)(C)c1ccc(CC(=O)OCCCCCCCn2ccc3cc([N+](=O)[O-])ccc32)cc1. The zero-order valence-corrected chi connectivity index (χ0v) is 19.8. The molecule has 1 heterocycles. The minimum atomic E-state index is -0.363. The van der Waals surface area contributed by atoms with Crippen molar-refractivity contribution < 1.29 is 14.5 Å². The Labute approximate surface area is 195 Å². The van der Waals surface area contributed by atoms with Crippen molar-refractivity contribution in [3.63, 3.8) is 0 Å². The number of carbonyl (C=O) groups is 1. The van der Waals surface area contributed by atoms with E-state index in [0.717, 1.165) is 59.6 Å².